The van der Waals surface area contributed by atoms with Crippen LogP contribution in [-0.4, -0.2) is 25.5 Å². The van der Waals surface area contributed by atoms with Crippen molar-refractivity contribution in [2.45, 2.75) is 45.6 Å². The molecule has 0 fully saturated rings. The molecule has 7 nitrogen and oxygen atoms in total. The minimum Gasteiger partial charge on any atom is -0.497 e. The van der Waals surface area contributed by atoms with Crippen LogP contribution in [0.15, 0.2) is 63.4 Å². The zero-order chi connectivity index (χ0) is 22.7. The summed E-state index contributed by atoms with van der Waals surface area (Å²) in [5.74, 6) is 1.56. The van der Waals surface area contributed by atoms with E-state index in [0.717, 1.165) is 24.3 Å². The minimum absolute atomic E-state index is 0.0329. The smallest absolute Gasteiger partial charge is 0.336 e. The first kappa shape index (κ1) is 21.7. The molecule has 0 amide bonds. The summed E-state index contributed by atoms with van der Waals surface area (Å²) in [4.78, 5) is 25.7. The fraction of sp³-hybridized carbons (Fsp3) is 0.360. The molecule has 2 aromatic rings. The van der Waals surface area contributed by atoms with Crippen LogP contribution in [0, 0.1) is 0 Å². The highest BCUT2D eigenvalue weighted by atomic mass is 16.5. The molecule has 1 atom stereocenters. The van der Waals surface area contributed by atoms with E-state index in [1.54, 1.807) is 14.0 Å². The van der Waals surface area contributed by atoms with Crippen molar-refractivity contribution in [2.75, 3.05) is 13.7 Å². The van der Waals surface area contributed by atoms with E-state index in [2.05, 4.69) is 5.32 Å². The second-order valence-electron chi connectivity index (χ2n) is 7.75. The van der Waals surface area contributed by atoms with Crippen molar-refractivity contribution in [3.8, 4) is 11.5 Å². The average Bonchev–Trinajstić information content (AvgIpc) is 3.26. The van der Waals surface area contributed by atoms with Crippen LogP contribution in [-0.2, 0) is 20.9 Å². The minimum atomic E-state index is -0.590. The first-order valence-electron chi connectivity index (χ1n) is 10.8. The van der Waals surface area contributed by atoms with Gasteiger partial charge in [-0.15, -0.1) is 0 Å². The normalized spacial score (nSPS) is 18.2. The third kappa shape index (κ3) is 4.28. The Morgan fingerprint density at radius 1 is 1.12 bits per heavy atom. The van der Waals surface area contributed by atoms with Crippen LogP contribution in [0.1, 0.15) is 50.5 Å². The highest BCUT2D eigenvalue weighted by molar-refractivity contribution is 6.03. The molecular formula is C25H27NO6. The van der Waals surface area contributed by atoms with Crippen molar-refractivity contribution in [1.29, 1.82) is 0 Å². The van der Waals surface area contributed by atoms with Gasteiger partial charge < -0.3 is 23.9 Å². The molecule has 7 heteroatoms. The summed E-state index contributed by atoms with van der Waals surface area (Å²) in [6.07, 6.45) is 2.01. The monoisotopic (exact) mass is 437 g/mol. The summed E-state index contributed by atoms with van der Waals surface area (Å²) in [6.45, 7) is 4.06. The van der Waals surface area contributed by atoms with Crippen LogP contribution < -0.4 is 14.8 Å². The quantitative estimate of drug-likeness (QED) is 0.643. The van der Waals surface area contributed by atoms with Gasteiger partial charge in [-0.1, -0.05) is 0 Å². The Bertz CT molecular complexity index is 1080. The second kappa shape index (κ2) is 9.34. The molecule has 0 radical (unpaired) electrons. The van der Waals surface area contributed by atoms with Gasteiger partial charge in [0, 0.05) is 23.4 Å². The van der Waals surface area contributed by atoms with E-state index in [1.165, 1.54) is 0 Å². The number of esters is 1. The zero-order valence-electron chi connectivity index (χ0n) is 18.5. The lowest BCUT2D eigenvalue weighted by Crippen LogP contribution is -2.34. The summed E-state index contributed by atoms with van der Waals surface area (Å²) >= 11 is 0. The Morgan fingerprint density at radius 2 is 1.88 bits per heavy atom. The van der Waals surface area contributed by atoms with Gasteiger partial charge in [-0.05, 0) is 63.1 Å². The van der Waals surface area contributed by atoms with E-state index >= 15 is 0 Å². The summed E-state index contributed by atoms with van der Waals surface area (Å²) in [6, 6.07) is 10.9. The van der Waals surface area contributed by atoms with Gasteiger partial charge in [-0.3, -0.25) is 4.79 Å². The Labute approximate surface area is 187 Å². The van der Waals surface area contributed by atoms with E-state index in [-0.39, 0.29) is 19.0 Å². The van der Waals surface area contributed by atoms with Gasteiger partial charge in [-0.25, -0.2) is 4.79 Å². The molecule has 1 aliphatic heterocycles. The number of methoxy groups -OCH3 is 1. The molecule has 1 aromatic heterocycles. The Hall–Kier alpha value is -3.48. The van der Waals surface area contributed by atoms with Gasteiger partial charge in [0.2, 0.25) is 0 Å². The van der Waals surface area contributed by atoms with Gasteiger partial charge in [-0.2, -0.15) is 0 Å². The van der Waals surface area contributed by atoms with Gasteiger partial charge in [0.05, 0.1) is 25.2 Å². The molecule has 1 aromatic carbocycles. The summed E-state index contributed by atoms with van der Waals surface area (Å²) in [7, 11) is 1.61. The van der Waals surface area contributed by atoms with Crippen molar-refractivity contribution >= 4 is 11.8 Å². The van der Waals surface area contributed by atoms with Gasteiger partial charge in [0.1, 0.15) is 29.6 Å². The highest BCUT2D eigenvalue weighted by Crippen LogP contribution is 2.43. The number of dihydropyridines is 1. The maximum atomic E-state index is 12.9. The SMILES string of the molecule is CCOC(=O)C1=C(C)NC2=C(C(=O)CCC2)[C@@H]1c1ccc(COc2ccc(OC)cc2)o1. The van der Waals surface area contributed by atoms with E-state index in [4.69, 9.17) is 18.6 Å². The topological polar surface area (TPSA) is 87.0 Å². The number of furan rings is 1. The largest absolute Gasteiger partial charge is 0.497 e. The average molecular weight is 437 g/mol. The molecule has 168 valence electrons. The summed E-state index contributed by atoms with van der Waals surface area (Å²) in [5, 5.41) is 3.26. The number of hydrogen-bond acceptors (Lipinski definition) is 7. The number of ketones is 1. The maximum Gasteiger partial charge on any atom is 0.336 e. The number of carbonyl (C=O) groups excluding carboxylic acids is 2. The maximum absolute atomic E-state index is 12.9. The van der Waals surface area contributed by atoms with Gasteiger partial charge >= 0.3 is 5.97 Å². The third-order valence-corrected chi connectivity index (χ3v) is 5.68. The van der Waals surface area contributed by atoms with Crippen molar-refractivity contribution < 1.29 is 28.2 Å². The van der Waals surface area contributed by atoms with Crippen LogP contribution in [0.25, 0.3) is 0 Å². The number of nitrogens with one attached hydrogen (secondary N) is 1. The van der Waals surface area contributed by atoms with E-state index in [1.807, 2.05) is 43.3 Å². The first-order valence-corrected chi connectivity index (χ1v) is 10.8. The number of benzene rings is 1. The van der Waals surface area contributed by atoms with Crippen LogP contribution in [0.5, 0.6) is 11.5 Å². The van der Waals surface area contributed by atoms with Crippen molar-refractivity contribution in [3.63, 3.8) is 0 Å². The van der Waals surface area contributed by atoms with Gasteiger partial charge in [0.15, 0.2) is 5.78 Å². The molecule has 32 heavy (non-hydrogen) atoms. The Morgan fingerprint density at radius 3 is 2.59 bits per heavy atom. The van der Waals surface area contributed by atoms with Crippen molar-refractivity contribution in [3.05, 3.63) is 70.5 Å². The van der Waals surface area contributed by atoms with E-state index < -0.39 is 11.9 Å². The Balaban J connectivity index is 1.61. The van der Waals surface area contributed by atoms with Crippen molar-refractivity contribution in [2.24, 2.45) is 0 Å². The number of Topliss-reactive ketones (excluding diaryl/α,β-unsaturated/α-hetero) is 1. The van der Waals surface area contributed by atoms with Crippen molar-refractivity contribution in [1.82, 2.24) is 5.32 Å². The molecule has 1 N–H and O–H groups in total. The number of hydrogen-bond donors (Lipinski definition) is 1. The number of ether oxygens (including phenoxy) is 3. The molecule has 0 unspecified atom stereocenters. The Kier molecular flexibility index (Phi) is 6.35. The molecule has 1 aliphatic carbocycles. The van der Waals surface area contributed by atoms with E-state index in [0.29, 0.717) is 40.5 Å². The highest BCUT2D eigenvalue weighted by Gasteiger charge is 2.40. The first-order chi connectivity index (χ1) is 15.5. The lowest BCUT2D eigenvalue weighted by molar-refractivity contribution is -0.138. The molecule has 0 saturated heterocycles. The number of allylic oxidation sites excluding steroid dienone is 3. The molecule has 2 aliphatic rings. The third-order valence-electron chi connectivity index (χ3n) is 5.68. The fourth-order valence-corrected chi connectivity index (χ4v) is 4.20. The molecule has 4 rings (SSSR count). The number of carbonyl (C=O) groups is 2. The van der Waals surface area contributed by atoms with E-state index in [9.17, 15) is 9.59 Å². The molecule has 0 spiro atoms. The van der Waals surface area contributed by atoms with Crippen LogP contribution >= 0.6 is 0 Å². The van der Waals surface area contributed by atoms with Crippen LogP contribution in [0.2, 0.25) is 0 Å². The second-order valence-corrected chi connectivity index (χ2v) is 7.75. The zero-order valence-corrected chi connectivity index (χ0v) is 18.5. The molecule has 0 saturated carbocycles. The molecular weight excluding hydrogens is 410 g/mol. The lowest BCUT2D eigenvalue weighted by atomic mass is 9.77. The van der Waals surface area contributed by atoms with Crippen LogP contribution in [0.3, 0.4) is 0 Å². The summed E-state index contributed by atoms with van der Waals surface area (Å²) in [5.41, 5.74) is 2.57. The van der Waals surface area contributed by atoms with Crippen LogP contribution in [0.4, 0.5) is 0 Å². The number of rotatable bonds is 7. The summed E-state index contributed by atoms with van der Waals surface area (Å²) < 4.78 is 22.4. The predicted molar refractivity (Wildman–Crippen MR) is 117 cm³/mol. The fourth-order valence-electron chi connectivity index (χ4n) is 4.20. The molecule has 2 heterocycles. The lowest BCUT2D eigenvalue weighted by Gasteiger charge is -2.32. The molecule has 0 bridgehead atoms. The predicted octanol–water partition coefficient (Wildman–Crippen LogP) is 4.40. The van der Waals surface area contributed by atoms with Gasteiger partial charge in [0.25, 0.3) is 0 Å². The standard InChI is InChI=1S/C25H27NO6/c1-4-30-25(28)22-15(2)26-19-6-5-7-20(27)23(19)24(22)21-13-12-18(32-21)14-31-17-10-8-16(29-3)9-11-17/h8-13,24,26H,4-7,14H2,1-3H3/t24-/m1/s1.